The second kappa shape index (κ2) is 15.3. The van der Waals surface area contributed by atoms with Gasteiger partial charge in [-0.25, -0.2) is 0 Å². The van der Waals surface area contributed by atoms with E-state index in [1.807, 2.05) is 0 Å². The Morgan fingerprint density at radius 2 is 1.57 bits per heavy atom. The summed E-state index contributed by atoms with van der Waals surface area (Å²) in [7, 11) is 0. The zero-order valence-corrected chi connectivity index (χ0v) is 14.0. The van der Waals surface area contributed by atoms with Crippen molar-refractivity contribution in [3.05, 3.63) is 24.3 Å². The molecule has 0 aromatic heterocycles. The average molecular weight is 294 g/mol. The lowest BCUT2D eigenvalue weighted by atomic mass is 9.98. The Morgan fingerprint density at radius 1 is 0.952 bits per heavy atom. The van der Waals surface area contributed by atoms with E-state index in [1.54, 1.807) is 0 Å². The van der Waals surface area contributed by atoms with Crippen LogP contribution in [0, 0.1) is 5.92 Å². The molecule has 0 aromatic rings. The number of carboxylic acid groups (broad SMARTS) is 1. The summed E-state index contributed by atoms with van der Waals surface area (Å²) in [5.74, 6) is -0.135. The maximum absolute atomic E-state index is 10.5. The summed E-state index contributed by atoms with van der Waals surface area (Å²) in [6.45, 7) is 4.39. The summed E-state index contributed by atoms with van der Waals surface area (Å²) in [4.78, 5) is 10.5. The summed E-state index contributed by atoms with van der Waals surface area (Å²) >= 11 is 0. The molecular weight excluding hydrogens is 260 g/mol. The molecule has 0 aromatic carbocycles. The van der Waals surface area contributed by atoms with E-state index < -0.39 is 5.97 Å². The summed E-state index contributed by atoms with van der Waals surface area (Å²) in [6, 6.07) is 0. The van der Waals surface area contributed by atoms with E-state index in [4.69, 9.17) is 5.11 Å². The molecule has 0 saturated heterocycles. The quantitative estimate of drug-likeness (QED) is 0.309. The van der Waals surface area contributed by atoms with Crippen LogP contribution in [0.15, 0.2) is 24.3 Å². The van der Waals surface area contributed by atoms with Crippen LogP contribution in [-0.2, 0) is 4.79 Å². The van der Waals surface area contributed by atoms with Gasteiger partial charge in [0.05, 0.1) is 0 Å². The molecular formula is C19H34O2. The normalized spacial score (nSPS) is 13.2. The van der Waals surface area contributed by atoms with E-state index in [2.05, 4.69) is 38.2 Å². The number of allylic oxidation sites excluding steroid dienone is 4. The van der Waals surface area contributed by atoms with Gasteiger partial charge in [-0.1, -0.05) is 63.8 Å². The Hall–Kier alpha value is -1.05. The standard InChI is InChI=1S/C19H34O2/c1-3-4-5-6-7-8-9-10-11-12-13-14-15-18(2)16-17-19(20)21/h7-8,10-11,18H,3-6,9,12-17H2,1-2H3,(H,20,21)/b8-7-,11-10-. The SMILES string of the molecule is CCCCC/C=C\C/C=C\CCCCC(C)CCC(=O)O. The molecule has 0 spiro atoms. The van der Waals surface area contributed by atoms with Crippen molar-refractivity contribution in [2.24, 2.45) is 5.92 Å². The number of hydrogen-bond acceptors (Lipinski definition) is 1. The lowest BCUT2D eigenvalue weighted by molar-refractivity contribution is -0.137. The van der Waals surface area contributed by atoms with Crippen molar-refractivity contribution in [1.29, 1.82) is 0 Å². The minimum atomic E-state index is -0.674. The minimum Gasteiger partial charge on any atom is -0.481 e. The predicted molar refractivity (Wildman–Crippen MR) is 91.5 cm³/mol. The highest BCUT2D eigenvalue weighted by atomic mass is 16.4. The number of carboxylic acids is 1. The Kier molecular flexibility index (Phi) is 14.6. The van der Waals surface area contributed by atoms with E-state index in [1.165, 1.54) is 38.5 Å². The Morgan fingerprint density at radius 3 is 2.14 bits per heavy atom. The van der Waals surface area contributed by atoms with Crippen LogP contribution >= 0.6 is 0 Å². The van der Waals surface area contributed by atoms with E-state index in [9.17, 15) is 4.79 Å². The van der Waals surface area contributed by atoms with Gasteiger partial charge >= 0.3 is 5.97 Å². The van der Waals surface area contributed by atoms with Crippen LogP contribution in [0.1, 0.15) is 84.5 Å². The monoisotopic (exact) mass is 294 g/mol. The van der Waals surface area contributed by atoms with Crippen LogP contribution in [0.3, 0.4) is 0 Å². The second-order valence-electron chi connectivity index (χ2n) is 6.00. The van der Waals surface area contributed by atoms with Gasteiger partial charge < -0.3 is 5.11 Å². The molecule has 1 atom stereocenters. The van der Waals surface area contributed by atoms with Gasteiger partial charge in [-0.05, 0) is 44.4 Å². The molecule has 0 aliphatic carbocycles. The Labute approximate surface area is 131 Å². The first-order chi connectivity index (χ1) is 10.2. The van der Waals surface area contributed by atoms with Gasteiger partial charge in [0.2, 0.25) is 0 Å². The molecule has 2 nitrogen and oxygen atoms in total. The number of hydrogen-bond donors (Lipinski definition) is 1. The van der Waals surface area contributed by atoms with E-state index in [0.717, 1.165) is 25.7 Å². The predicted octanol–water partition coefficient (Wildman–Crippen LogP) is 6.13. The molecule has 0 radical (unpaired) electrons. The van der Waals surface area contributed by atoms with Crippen LogP contribution in [0.5, 0.6) is 0 Å². The Balaban J connectivity index is 3.34. The summed E-state index contributed by atoms with van der Waals surface area (Å²) in [5, 5.41) is 8.62. The molecule has 2 heteroatoms. The van der Waals surface area contributed by atoms with Crippen LogP contribution in [-0.4, -0.2) is 11.1 Å². The lowest BCUT2D eigenvalue weighted by Crippen LogP contribution is -2.00. The van der Waals surface area contributed by atoms with Crippen molar-refractivity contribution in [2.75, 3.05) is 0 Å². The van der Waals surface area contributed by atoms with Gasteiger partial charge in [-0.2, -0.15) is 0 Å². The zero-order valence-electron chi connectivity index (χ0n) is 14.0. The maximum atomic E-state index is 10.5. The molecule has 0 aliphatic heterocycles. The van der Waals surface area contributed by atoms with Crippen molar-refractivity contribution in [1.82, 2.24) is 0 Å². The fourth-order valence-electron chi connectivity index (χ4n) is 2.29. The zero-order chi connectivity index (χ0) is 15.8. The van der Waals surface area contributed by atoms with E-state index in [-0.39, 0.29) is 0 Å². The van der Waals surface area contributed by atoms with Gasteiger partial charge in [0.1, 0.15) is 0 Å². The second-order valence-corrected chi connectivity index (χ2v) is 6.00. The third-order valence-electron chi connectivity index (χ3n) is 3.75. The topological polar surface area (TPSA) is 37.3 Å². The number of unbranched alkanes of at least 4 members (excludes halogenated alkanes) is 5. The van der Waals surface area contributed by atoms with Crippen LogP contribution in [0.25, 0.3) is 0 Å². The van der Waals surface area contributed by atoms with E-state index in [0.29, 0.717) is 12.3 Å². The third-order valence-corrected chi connectivity index (χ3v) is 3.75. The van der Waals surface area contributed by atoms with Crippen molar-refractivity contribution < 1.29 is 9.90 Å². The van der Waals surface area contributed by atoms with Gasteiger partial charge in [0.25, 0.3) is 0 Å². The largest absolute Gasteiger partial charge is 0.481 e. The average Bonchev–Trinajstić information content (AvgIpc) is 2.46. The molecule has 0 saturated carbocycles. The summed E-state index contributed by atoms with van der Waals surface area (Å²) in [6.07, 6.45) is 21.2. The Bertz CT molecular complexity index is 292. The van der Waals surface area contributed by atoms with Crippen LogP contribution < -0.4 is 0 Å². The lowest BCUT2D eigenvalue weighted by Gasteiger charge is -2.08. The molecule has 0 fully saturated rings. The summed E-state index contributed by atoms with van der Waals surface area (Å²) < 4.78 is 0. The van der Waals surface area contributed by atoms with Crippen LogP contribution in [0.4, 0.5) is 0 Å². The molecule has 0 rings (SSSR count). The minimum absolute atomic E-state index is 0.311. The van der Waals surface area contributed by atoms with Crippen molar-refractivity contribution >= 4 is 5.97 Å². The smallest absolute Gasteiger partial charge is 0.303 e. The fraction of sp³-hybridized carbons (Fsp3) is 0.737. The van der Waals surface area contributed by atoms with Crippen molar-refractivity contribution in [2.45, 2.75) is 84.5 Å². The van der Waals surface area contributed by atoms with Crippen LogP contribution in [0.2, 0.25) is 0 Å². The number of rotatable bonds is 14. The number of carbonyl (C=O) groups is 1. The molecule has 21 heavy (non-hydrogen) atoms. The van der Waals surface area contributed by atoms with Gasteiger partial charge in [-0.15, -0.1) is 0 Å². The first-order valence-corrected chi connectivity index (χ1v) is 8.68. The maximum Gasteiger partial charge on any atom is 0.303 e. The first-order valence-electron chi connectivity index (χ1n) is 8.68. The summed E-state index contributed by atoms with van der Waals surface area (Å²) in [5.41, 5.74) is 0. The highest BCUT2D eigenvalue weighted by Crippen LogP contribution is 2.15. The molecule has 0 bridgehead atoms. The number of aliphatic carboxylic acids is 1. The first kappa shape index (κ1) is 19.9. The van der Waals surface area contributed by atoms with Crippen molar-refractivity contribution in [3.8, 4) is 0 Å². The molecule has 0 aliphatic rings. The fourth-order valence-corrected chi connectivity index (χ4v) is 2.29. The van der Waals surface area contributed by atoms with Crippen molar-refractivity contribution in [3.63, 3.8) is 0 Å². The highest BCUT2D eigenvalue weighted by molar-refractivity contribution is 5.66. The van der Waals surface area contributed by atoms with E-state index >= 15 is 0 Å². The van der Waals surface area contributed by atoms with Gasteiger partial charge in [-0.3, -0.25) is 4.79 Å². The molecule has 122 valence electrons. The highest BCUT2D eigenvalue weighted by Gasteiger charge is 2.04. The van der Waals surface area contributed by atoms with Gasteiger partial charge in [0, 0.05) is 6.42 Å². The molecule has 0 amide bonds. The third kappa shape index (κ3) is 16.9. The molecule has 0 heterocycles. The molecule has 1 N–H and O–H groups in total. The van der Waals surface area contributed by atoms with Gasteiger partial charge in [0.15, 0.2) is 0 Å². The molecule has 1 unspecified atom stereocenters.